The molecule has 198 valence electrons. The maximum absolute atomic E-state index is 13.4. The SMILES string of the molecule is CCCCOc1ccc(-c2nn(-c3ccccc3)cc2C=C2SC(=S)N(Cc3ccccc3Cl)C2=O)cc1C. The summed E-state index contributed by atoms with van der Waals surface area (Å²) in [5.74, 6) is 0.732. The second-order valence-electron chi connectivity index (χ2n) is 9.25. The van der Waals surface area contributed by atoms with Crippen molar-refractivity contribution in [3.63, 3.8) is 0 Å². The summed E-state index contributed by atoms with van der Waals surface area (Å²) < 4.78 is 8.31. The largest absolute Gasteiger partial charge is 0.493 e. The smallest absolute Gasteiger partial charge is 0.266 e. The van der Waals surface area contributed by atoms with Gasteiger partial charge in [-0.25, -0.2) is 4.68 Å². The predicted octanol–water partition coefficient (Wildman–Crippen LogP) is 8.08. The highest BCUT2D eigenvalue weighted by molar-refractivity contribution is 8.26. The summed E-state index contributed by atoms with van der Waals surface area (Å²) in [6, 6.07) is 23.5. The number of aromatic nitrogens is 2. The van der Waals surface area contributed by atoms with E-state index in [9.17, 15) is 4.79 Å². The normalized spacial score (nSPS) is 14.4. The Bertz CT molecular complexity index is 1550. The van der Waals surface area contributed by atoms with Gasteiger partial charge in [-0.3, -0.25) is 9.69 Å². The topological polar surface area (TPSA) is 47.4 Å². The standard InChI is InChI=1S/C31H28ClN3O2S2/c1-3-4-16-37-27-15-14-22(17-21(27)2)29-24(20-35(33-29)25-11-6-5-7-12-25)18-28-30(36)34(31(38)39-28)19-23-10-8-9-13-26(23)32/h5-15,17-18,20H,3-4,16,19H2,1-2H3. The molecule has 0 radical (unpaired) electrons. The lowest BCUT2D eigenvalue weighted by molar-refractivity contribution is -0.122. The number of amides is 1. The van der Waals surface area contributed by atoms with E-state index < -0.39 is 0 Å². The molecule has 8 heteroatoms. The first-order chi connectivity index (χ1) is 18.9. The summed E-state index contributed by atoms with van der Waals surface area (Å²) >= 11 is 13.2. The minimum absolute atomic E-state index is 0.140. The van der Waals surface area contributed by atoms with Gasteiger partial charge in [0.15, 0.2) is 0 Å². The van der Waals surface area contributed by atoms with Crippen LogP contribution in [0.3, 0.4) is 0 Å². The lowest BCUT2D eigenvalue weighted by Gasteiger charge is -2.15. The number of unbranched alkanes of at least 4 members (excludes halogenated alkanes) is 1. The van der Waals surface area contributed by atoms with Crippen LogP contribution in [0.25, 0.3) is 23.0 Å². The number of thioether (sulfide) groups is 1. The second-order valence-corrected chi connectivity index (χ2v) is 11.3. The maximum Gasteiger partial charge on any atom is 0.266 e. The number of para-hydroxylation sites is 1. The minimum Gasteiger partial charge on any atom is -0.493 e. The molecule has 1 fully saturated rings. The molecule has 4 aromatic rings. The van der Waals surface area contributed by atoms with Crippen molar-refractivity contribution in [3.05, 3.63) is 106 Å². The molecule has 1 aliphatic rings. The minimum atomic E-state index is -0.140. The molecule has 2 heterocycles. The lowest BCUT2D eigenvalue weighted by Crippen LogP contribution is -2.27. The average Bonchev–Trinajstić information content (AvgIpc) is 3.48. The van der Waals surface area contributed by atoms with Crippen molar-refractivity contribution in [2.24, 2.45) is 0 Å². The van der Waals surface area contributed by atoms with Crippen LogP contribution in [-0.4, -0.2) is 31.5 Å². The van der Waals surface area contributed by atoms with E-state index in [0.717, 1.165) is 52.2 Å². The molecule has 1 amide bonds. The molecule has 5 rings (SSSR count). The molecule has 0 N–H and O–H groups in total. The molecule has 1 aliphatic heterocycles. The Hall–Kier alpha value is -3.39. The van der Waals surface area contributed by atoms with Gasteiger partial charge in [-0.2, -0.15) is 5.10 Å². The van der Waals surface area contributed by atoms with E-state index in [0.29, 0.717) is 27.4 Å². The Morgan fingerprint density at radius 1 is 1.08 bits per heavy atom. The number of ether oxygens (including phenoxy) is 1. The monoisotopic (exact) mass is 573 g/mol. The van der Waals surface area contributed by atoms with Gasteiger partial charge in [0.2, 0.25) is 0 Å². The zero-order valence-corrected chi connectivity index (χ0v) is 24.2. The molecule has 0 saturated carbocycles. The Morgan fingerprint density at radius 3 is 2.59 bits per heavy atom. The lowest BCUT2D eigenvalue weighted by atomic mass is 10.0. The van der Waals surface area contributed by atoms with Crippen LogP contribution in [0.15, 0.2) is 83.9 Å². The molecule has 1 aromatic heterocycles. The Labute approximate surface area is 243 Å². The molecule has 3 aromatic carbocycles. The van der Waals surface area contributed by atoms with Crippen LogP contribution in [0, 0.1) is 6.92 Å². The molecule has 1 saturated heterocycles. The van der Waals surface area contributed by atoms with Crippen molar-refractivity contribution in [3.8, 4) is 22.7 Å². The Balaban J connectivity index is 1.50. The predicted molar refractivity (Wildman–Crippen MR) is 164 cm³/mol. The van der Waals surface area contributed by atoms with Gasteiger partial charge >= 0.3 is 0 Å². The molecule has 39 heavy (non-hydrogen) atoms. The van der Waals surface area contributed by atoms with Crippen LogP contribution >= 0.6 is 35.6 Å². The fourth-order valence-electron chi connectivity index (χ4n) is 4.29. The van der Waals surface area contributed by atoms with Crippen molar-refractivity contribution in [2.45, 2.75) is 33.2 Å². The van der Waals surface area contributed by atoms with Crippen LogP contribution in [0.5, 0.6) is 5.75 Å². The second kappa shape index (κ2) is 12.2. The van der Waals surface area contributed by atoms with Crippen molar-refractivity contribution in [2.75, 3.05) is 6.61 Å². The number of rotatable bonds is 9. The zero-order chi connectivity index (χ0) is 27.4. The number of halogens is 1. The van der Waals surface area contributed by atoms with Gasteiger partial charge in [0.1, 0.15) is 15.8 Å². The van der Waals surface area contributed by atoms with E-state index in [1.165, 1.54) is 11.8 Å². The van der Waals surface area contributed by atoms with Crippen molar-refractivity contribution < 1.29 is 9.53 Å². The molecule has 0 aliphatic carbocycles. The summed E-state index contributed by atoms with van der Waals surface area (Å²) in [5, 5.41) is 5.54. The third-order valence-electron chi connectivity index (χ3n) is 6.41. The number of benzene rings is 3. The van der Waals surface area contributed by atoms with Crippen molar-refractivity contribution in [1.82, 2.24) is 14.7 Å². The van der Waals surface area contributed by atoms with E-state index in [-0.39, 0.29) is 5.91 Å². The third kappa shape index (κ3) is 6.11. The first kappa shape index (κ1) is 27.2. The molecular weight excluding hydrogens is 546 g/mol. The van der Waals surface area contributed by atoms with Gasteiger partial charge in [0.25, 0.3) is 5.91 Å². The molecule has 0 spiro atoms. The molecule has 0 unspecified atom stereocenters. The number of nitrogens with zero attached hydrogens (tertiary/aromatic N) is 3. The van der Waals surface area contributed by atoms with Gasteiger partial charge in [0.05, 0.1) is 23.7 Å². The number of hydrogen-bond donors (Lipinski definition) is 0. The average molecular weight is 574 g/mol. The quantitative estimate of drug-likeness (QED) is 0.115. The first-order valence-corrected chi connectivity index (χ1v) is 14.4. The number of thiocarbonyl (C=S) groups is 1. The number of carbonyl (C=O) groups excluding carboxylic acids is 1. The molecule has 0 bridgehead atoms. The van der Waals surface area contributed by atoms with Gasteiger partial charge < -0.3 is 4.74 Å². The summed E-state index contributed by atoms with van der Waals surface area (Å²) in [5.41, 5.74) is 5.37. The number of carbonyl (C=O) groups is 1. The van der Waals surface area contributed by atoms with Gasteiger partial charge in [0, 0.05) is 22.3 Å². The summed E-state index contributed by atoms with van der Waals surface area (Å²) in [6.07, 6.45) is 5.93. The van der Waals surface area contributed by atoms with Gasteiger partial charge in [-0.15, -0.1) is 0 Å². The van der Waals surface area contributed by atoms with Crippen LogP contribution in [-0.2, 0) is 11.3 Å². The van der Waals surface area contributed by atoms with Gasteiger partial charge in [-0.1, -0.05) is 85.3 Å². The molecule has 0 atom stereocenters. The highest BCUT2D eigenvalue weighted by Gasteiger charge is 2.33. The van der Waals surface area contributed by atoms with E-state index in [4.69, 9.17) is 33.7 Å². The van der Waals surface area contributed by atoms with Crippen LogP contribution in [0.4, 0.5) is 0 Å². The van der Waals surface area contributed by atoms with E-state index >= 15 is 0 Å². The fourth-order valence-corrected chi connectivity index (χ4v) is 5.73. The van der Waals surface area contributed by atoms with E-state index in [1.807, 2.05) is 90.6 Å². The molecule has 5 nitrogen and oxygen atoms in total. The highest BCUT2D eigenvalue weighted by atomic mass is 35.5. The summed E-state index contributed by atoms with van der Waals surface area (Å²) in [4.78, 5) is 15.6. The van der Waals surface area contributed by atoms with Crippen molar-refractivity contribution in [1.29, 1.82) is 0 Å². The maximum atomic E-state index is 13.4. The van der Waals surface area contributed by atoms with Crippen LogP contribution < -0.4 is 4.74 Å². The fraction of sp³-hybridized carbons (Fsp3) is 0.194. The Morgan fingerprint density at radius 2 is 1.85 bits per heavy atom. The summed E-state index contributed by atoms with van der Waals surface area (Å²) in [6.45, 7) is 5.21. The van der Waals surface area contributed by atoms with Crippen LogP contribution in [0.1, 0.15) is 36.5 Å². The summed E-state index contributed by atoms with van der Waals surface area (Å²) in [7, 11) is 0. The van der Waals surface area contributed by atoms with Crippen molar-refractivity contribution >= 4 is 51.9 Å². The van der Waals surface area contributed by atoms with E-state index in [1.54, 1.807) is 4.90 Å². The Kier molecular flexibility index (Phi) is 8.50. The van der Waals surface area contributed by atoms with E-state index in [2.05, 4.69) is 13.0 Å². The number of aryl methyl sites for hydroxylation is 1. The van der Waals surface area contributed by atoms with Crippen LogP contribution in [0.2, 0.25) is 5.02 Å². The first-order valence-electron chi connectivity index (χ1n) is 12.8. The molecular formula is C31H28ClN3O2S2. The van der Waals surface area contributed by atoms with Gasteiger partial charge in [-0.05, 0) is 66.9 Å². The number of hydrogen-bond acceptors (Lipinski definition) is 5. The third-order valence-corrected chi connectivity index (χ3v) is 8.16. The highest BCUT2D eigenvalue weighted by Crippen LogP contribution is 2.37. The zero-order valence-electron chi connectivity index (χ0n) is 21.8.